The van der Waals surface area contributed by atoms with E-state index >= 15 is 0 Å². The van der Waals surface area contributed by atoms with Crippen molar-refractivity contribution in [2.75, 3.05) is 32.7 Å². The standard InChI is InChI=1S/C15H27N3O2.ClH/c1-11(2)14(19)17-6-8-18(9-7-17)15(20)13-5-3-4-12(13)10-16;/h11-13H,3-10,16H2,1-2H3;1H/t12-,13-;/m1./s1. The molecule has 0 aromatic carbocycles. The molecule has 1 heterocycles. The Kier molecular flexibility index (Phi) is 6.94. The molecule has 2 fully saturated rings. The summed E-state index contributed by atoms with van der Waals surface area (Å²) in [5.41, 5.74) is 5.76. The minimum atomic E-state index is 0. The minimum Gasteiger partial charge on any atom is -0.339 e. The molecule has 0 aromatic rings. The first-order valence-electron chi connectivity index (χ1n) is 7.82. The number of hydrogen-bond acceptors (Lipinski definition) is 3. The van der Waals surface area contributed by atoms with Gasteiger partial charge in [0.15, 0.2) is 0 Å². The van der Waals surface area contributed by atoms with E-state index in [-0.39, 0.29) is 36.1 Å². The zero-order valence-corrected chi connectivity index (χ0v) is 13.9. The Labute approximate surface area is 133 Å². The second-order valence-electron chi connectivity index (χ2n) is 6.34. The van der Waals surface area contributed by atoms with Gasteiger partial charge in [-0.2, -0.15) is 0 Å². The molecular weight excluding hydrogens is 290 g/mol. The van der Waals surface area contributed by atoms with Gasteiger partial charge in [0, 0.05) is 38.0 Å². The molecule has 0 radical (unpaired) electrons. The quantitative estimate of drug-likeness (QED) is 0.848. The summed E-state index contributed by atoms with van der Waals surface area (Å²) in [6.07, 6.45) is 3.18. The second-order valence-corrected chi connectivity index (χ2v) is 6.34. The van der Waals surface area contributed by atoms with E-state index in [2.05, 4.69) is 0 Å². The Balaban J connectivity index is 0.00000220. The zero-order chi connectivity index (χ0) is 14.7. The maximum Gasteiger partial charge on any atom is 0.226 e. The van der Waals surface area contributed by atoms with Gasteiger partial charge in [-0.3, -0.25) is 9.59 Å². The van der Waals surface area contributed by atoms with Gasteiger partial charge in [0.25, 0.3) is 0 Å². The van der Waals surface area contributed by atoms with Crippen molar-refractivity contribution in [2.24, 2.45) is 23.5 Å². The lowest BCUT2D eigenvalue weighted by Crippen LogP contribution is -2.53. The summed E-state index contributed by atoms with van der Waals surface area (Å²) in [5.74, 6) is 0.964. The first-order valence-corrected chi connectivity index (χ1v) is 7.82. The predicted octanol–water partition coefficient (Wildman–Crippen LogP) is 1.11. The lowest BCUT2D eigenvalue weighted by Gasteiger charge is -2.37. The van der Waals surface area contributed by atoms with Gasteiger partial charge in [-0.25, -0.2) is 0 Å². The molecule has 1 saturated heterocycles. The molecule has 6 heteroatoms. The molecule has 0 spiro atoms. The van der Waals surface area contributed by atoms with Crippen LogP contribution in [0.25, 0.3) is 0 Å². The fourth-order valence-electron chi connectivity index (χ4n) is 3.39. The largest absolute Gasteiger partial charge is 0.339 e. The molecule has 0 aromatic heterocycles. The van der Waals surface area contributed by atoms with Gasteiger partial charge in [-0.1, -0.05) is 20.3 Å². The van der Waals surface area contributed by atoms with Crippen LogP contribution in [0, 0.1) is 17.8 Å². The van der Waals surface area contributed by atoms with Gasteiger partial charge in [0.1, 0.15) is 0 Å². The van der Waals surface area contributed by atoms with E-state index < -0.39 is 0 Å². The zero-order valence-electron chi connectivity index (χ0n) is 13.1. The van der Waals surface area contributed by atoms with Crippen molar-refractivity contribution in [3.63, 3.8) is 0 Å². The van der Waals surface area contributed by atoms with Crippen LogP contribution in [0.3, 0.4) is 0 Å². The van der Waals surface area contributed by atoms with Crippen LogP contribution in [-0.2, 0) is 9.59 Å². The van der Waals surface area contributed by atoms with Crippen LogP contribution in [0.2, 0.25) is 0 Å². The lowest BCUT2D eigenvalue weighted by atomic mass is 9.94. The van der Waals surface area contributed by atoms with Crippen LogP contribution in [0.15, 0.2) is 0 Å². The van der Waals surface area contributed by atoms with Crippen LogP contribution < -0.4 is 5.73 Å². The summed E-state index contributed by atoms with van der Waals surface area (Å²) in [6.45, 7) is 7.14. The van der Waals surface area contributed by atoms with Crippen molar-refractivity contribution in [3.8, 4) is 0 Å². The van der Waals surface area contributed by atoms with Crippen molar-refractivity contribution in [2.45, 2.75) is 33.1 Å². The summed E-state index contributed by atoms with van der Waals surface area (Å²) in [5, 5.41) is 0. The Hall–Kier alpha value is -0.810. The number of piperazine rings is 1. The molecule has 2 atom stereocenters. The second kappa shape index (κ2) is 7.99. The van der Waals surface area contributed by atoms with Crippen LogP contribution in [0.1, 0.15) is 33.1 Å². The molecule has 5 nitrogen and oxygen atoms in total. The van der Waals surface area contributed by atoms with Crippen LogP contribution in [0.4, 0.5) is 0 Å². The Morgan fingerprint density at radius 3 is 2.19 bits per heavy atom. The fourth-order valence-corrected chi connectivity index (χ4v) is 3.39. The number of nitrogens with zero attached hydrogens (tertiary/aromatic N) is 2. The van der Waals surface area contributed by atoms with Gasteiger partial charge >= 0.3 is 0 Å². The third kappa shape index (κ3) is 4.10. The van der Waals surface area contributed by atoms with Crippen LogP contribution in [0.5, 0.6) is 0 Å². The smallest absolute Gasteiger partial charge is 0.226 e. The van der Waals surface area contributed by atoms with Crippen molar-refractivity contribution < 1.29 is 9.59 Å². The average Bonchev–Trinajstić information content (AvgIpc) is 2.94. The molecule has 2 amide bonds. The third-order valence-electron chi connectivity index (χ3n) is 4.68. The highest BCUT2D eigenvalue weighted by molar-refractivity contribution is 5.85. The van der Waals surface area contributed by atoms with Crippen molar-refractivity contribution >= 4 is 24.2 Å². The number of hydrogen-bond donors (Lipinski definition) is 1. The van der Waals surface area contributed by atoms with E-state index in [9.17, 15) is 9.59 Å². The van der Waals surface area contributed by atoms with Gasteiger partial charge in [-0.15, -0.1) is 12.4 Å². The molecular formula is C15H28ClN3O2. The maximum absolute atomic E-state index is 12.5. The Morgan fingerprint density at radius 1 is 1.10 bits per heavy atom. The number of carbonyl (C=O) groups is 2. The van der Waals surface area contributed by atoms with E-state index in [4.69, 9.17) is 5.73 Å². The molecule has 122 valence electrons. The average molecular weight is 318 g/mol. The van der Waals surface area contributed by atoms with Crippen molar-refractivity contribution in [1.29, 1.82) is 0 Å². The normalized spacial score (nSPS) is 25.9. The number of nitrogens with two attached hydrogens (primary N) is 1. The van der Waals surface area contributed by atoms with Crippen molar-refractivity contribution in [1.82, 2.24) is 9.80 Å². The number of amides is 2. The summed E-state index contributed by atoms with van der Waals surface area (Å²) >= 11 is 0. The highest BCUT2D eigenvalue weighted by atomic mass is 35.5. The molecule has 0 bridgehead atoms. The molecule has 21 heavy (non-hydrogen) atoms. The van der Waals surface area contributed by atoms with E-state index in [0.29, 0.717) is 38.6 Å². The van der Waals surface area contributed by atoms with Gasteiger partial charge in [0.2, 0.25) is 11.8 Å². The third-order valence-corrected chi connectivity index (χ3v) is 4.68. The molecule has 1 saturated carbocycles. The van der Waals surface area contributed by atoms with E-state index in [1.807, 2.05) is 23.6 Å². The number of carbonyl (C=O) groups excluding carboxylic acids is 2. The summed E-state index contributed by atoms with van der Waals surface area (Å²) < 4.78 is 0. The van der Waals surface area contributed by atoms with Crippen LogP contribution >= 0.6 is 12.4 Å². The predicted molar refractivity (Wildman–Crippen MR) is 85.1 cm³/mol. The maximum atomic E-state index is 12.5. The number of halogens is 1. The molecule has 2 N–H and O–H groups in total. The molecule has 0 unspecified atom stereocenters. The fraction of sp³-hybridized carbons (Fsp3) is 0.867. The topological polar surface area (TPSA) is 66.6 Å². The minimum absolute atomic E-state index is 0. The number of rotatable bonds is 3. The first-order chi connectivity index (χ1) is 9.54. The molecule has 2 rings (SSSR count). The SMILES string of the molecule is CC(C)C(=O)N1CCN(C(=O)[C@@H]2CCC[C@@H]2CN)CC1.Cl. The van der Waals surface area contributed by atoms with E-state index in [1.165, 1.54) is 0 Å². The van der Waals surface area contributed by atoms with Gasteiger partial charge in [-0.05, 0) is 25.3 Å². The van der Waals surface area contributed by atoms with Crippen LogP contribution in [-0.4, -0.2) is 54.3 Å². The summed E-state index contributed by atoms with van der Waals surface area (Å²) in [6, 6.07) is 0. The highest BCUT2D eigenvalue weighted by Gasteiger charge is 2.36. The van der Waals surface area contributed by atoms with Gasteiger partial charge < -0.3 is 15.5 Å². The van der Waals surface area contributed by atoms with E-state index in [1.54, 1.807) is 0 Å². The molecule has 1 aliphatic carbocycles. The molecule has 2 aliphatic rings. The first kappa shape index (κ1) is 18.2. The monoisotopic (exact) mass is 317 g/mol. The lowest BCUT2D eigenvalue weighted by molar-refractivity contribution is -0.144. The Bertz CT molecular complexity index is 368. The molecule has 1 aliphatic heterocycles. The highest BCUT2D eigenvalue weighted by Crippen LogP contribution is 2.32. The van der Waals surface area contributed by atoms with Crippen molar-refractivity contribution in [3.05, 3.63) is 0 Å². The summed E-state index contributed by atoms with van der Waals surface area (Å²) in [4.78, 5) is 28.3. The Morgan fingerprint density at radius 2 is 1.67 bits per heavy atom. The summed E-state index contributed by atoms with van der Waals surface area (Å²) in [7, 11) is 0. The van der Waals surface area contributed by atoms with E-state index in [0.717, 1.165) is 19.3 Å². The van der Waals surface area contributed by atoms with Gasteiger partial charge in [0.05, 0.1) is 0 Å².